The summed E-state index contributed by atoms with van der Waals surface area (Å²) >= 11 is 2.36. The Hall–Kier alpha value is -1.04. The first kappa shape index (κ1) is 12.4. The summed E-state index contributed by atoms with van der Waals surface area (Å²) in [5, 5.41) is 3.47. The van der Waals surface area contributed by atoms with E-state index >= 15 is 0 Å². The number of rotatable bonds is 4. The van der Waals surface area contributed by atoms with E-state index in [4.69, 9.17) is 0 Å². The third-order valence-corrected chi connectivity index (χ3v) is 4.03. The molecule has 0 aliphatic heterocycles. The first-order chi connectivity index (χ1) is 8.18. The third kappa shape index (κ3) is 3.00. The van der Waals surface area contributed by atoms with Crippen LogP contribution in [-0.2, 0) is 6.54 Å². The predicted molar refractivity (Wildman–Crippen MR) is 79.3 cm³/mol. The largest absolute Gasteiger partial charge is 0.383 e. The third-order valence-electron chi connectivity index (χ3n) is 2.86. The van der Waals surface area contributed by atoms with Gasteiger partial charge < -0.3 is 9.88 Å². The summed E-state index contributed by atoms with van der Waals surface area (Å²) in [5.41, 5.74) is 2.53. The van der Waals surface area contributed by atoms with Crippen molar-refractivity contribution in [2.75, 3.05) is 11.9 Å². The molecule has 90 valence electrons. The molecule has 2 aromatic rings. The van der Waals surface area contributed by atoms with Crippen LogP contribution in [0.2, 0.25) is 0 Å². The Bertz CT molecular complexity index is 505. The maximum atomic E-state index is 4.21. The van der Waals surface area contributed by atoms with Gasteiger partial charge in [-0.1, -0.05) is 6.07 Å². The van der Waals surface area contributed by atoms with E-state index in [0.29, 0.717) is 0 Å². The highest BCUT2D eigenvalue weighted by Gasteiger charge is 2.01. The average Bonchev–Trinajstić information content (AvgIpc) is 2.71. The molecular formula is C13H16IN3. The average molecular weight is 341 g/mol. The van der Waals surface area contributed by atoms with Crippen molar-refractivity contribution in [1.82, 2.24) is 9.55 Å². The van der Waals surface area contributed by atoms with Crippen molar-refractivity contribution in [3.63, 3.8) is 0 Å². The second kappa shape index (κ2) is 5.53. The number of hydrogen-bond donors (Lipinski definition) is 1. The molecule has 0 aliphatic rings. The second-order valence-corrected chi connectivity index (χ2v) is 5.17. The van der Waals surface area contributed by atoms with Crippen LogP contribution in [0, 0.1) is 17.4 Å². The van der Waals surface area contributed by atoms with Crippen molar-refractivity contribution >= 4 is 28.3 Å². The summed E-state index contributed by atoms with van der Waals surface area (Å²) in [6, 6.07) is 6.33. The second-order valence-electron chi connectivity index (χ2n) is 4.01. The molecule has 0 fully saturated rings. The van der Waals surface area contributed by atoms with E-state index in [2.05, 4.69) is 62.6 Å². The van der Waals surface area contributed by atoms with Crippen LogP contribution in [0.25, 0.3) is 0 Å². The van der Waals surface area contributed by atoms with Crippen LogP contribution in [0.5, 0.6) is 0 Å². The zero-order valence-electron chi connectivity index (χ0n) is 10.1. The highest BCUT2D eigenvalue weighted by molar-refractivity contribution is 14.1. The van der Waals surface area contributed by atoms with Crippen LogP contribution in [0.3, 0.4) is 0 Å². The molecule has 2 rings (SSSR count). The molecule has 4 heteroatoms. The van der Waals surface area contributed by atoms with E-state index in [1.165, 1.54) is 14.8 Å². The minimum absolute atomic E-state index is 0.915. The summed E-state index contributed by atoms with van der Waals surface area (Å²) < 4.78 is 3.45. The number of benzene rings is 1. The van der Waals surface area contributed by atoms with Crippen molar-refractivity contribution in [3.05, 3.63) is 45.6 Å². The smallest absolute Gasteiger partial charge is 0.105 e. The molecule has 1 aromatic heterocycles. The fourth-order valence-corrected chi connectivity index (χ4v) is 2.25. The Kier molecular flexibility index (Phi) is 4.04. The molecule has 0 atom stereocenters. The lowest BCUT2D eigenvalue weighted by molar-refractivity contribution is 0.700. The number of anilines is 1. The van der Waals surface area contributed by atoms with Crippen LogP contribution in [-0.4, -0.2) is 16.1 Å². The molecule has 1 aromatic carbocycles. The lowest BCUT2D eigenvalue weighted by Crippen LogP contribution is -2.11. The molecule has 1 N–H and O–H groups in total. The molecule has 1 heterocycles. The quantitative estimate of drug-likeness (QED) is 0.866. The first-order valence-corrected chi connectivity index (χ1v) is 6.73. The molecule has 3 nitrogen and oxygen atoms in total. The first-order valence-electron chi connectivity index (χ1n) is 5.65. The number of nitrogens with zero attached hydrogens (tertiary/aromatic N) is 2. The van der Waals surface area contributed by atoms with Crippen molar-refractivity contribution in [2.24, 2.45) is 0 Å². The molecule has 0 radical (unpaired) electrons. The summed E-state index contributed by atoms with van der Waals surface area (Å²) in [7, 11) is 0. The number of imidazole rings is 1. The molecule has 0 bridgehead atoms. The van der Waals surface area contributed by atoms with E-state index < -0.39 is 0 Å². The number of nitrogens with one attached hydrogen (secondary N) is 1. The Morgan fingerprint density at radius 2 is 2.18 bits per heavy atom. The van der Waals surface area contributed by atoms with Gasteiger partial charge in [0.2, 0.25) is 0 Å². The fraction of sp³-hybridized carbons (Fsp3) is 0.308. The number of hydrogen-bond acceptors (Lipinski definition) is 2. The van der Waals surface area contributed by atoms with Crippen LogP contribution in [0.15, 0.2) is 30.6 Å². The molecule has 0 amide bonds. The van der Waals surface area contributed by atoms with Gasteiger partial charge >= 0.3 is 0 Å². The maximum Gasteiger partial charge on any atom is 0.105 e. The number of aromatic nitrogens is 2. The van der Waals surface area contributed by atoms with Crippen LogP contribution >= 0.6 is 22.6 Å². The van der Waals surface area contributed by atoms with Crippen molar-refractivity contribution in [2.45, 2.75) is 20.4 Å². The monoisotopic (exact) mass is 341 g/mol. The number of aryl methyl sites for hydroxylation is 1. The van der Waals surface area contributed by atoms with Crippen molar-refractivity contribution in [3.8, 4) is 0 Å². The van der Waals surface area contributed by atoms with Gasteiger partial charge in [-0.2, -0.15) is 0 Å². The fourth-order valence-electron chi connectivity index (χ4n) is 1.75. The van der Waals surface area contributed by atoms with E-state index in [0.717, 1.165) is 18.9 Å². The normalized spacial score (nSPS) is 10.5. The van der Waals surface area contributed by atoms with Gasteiger partial charge in [-0.05, 0) is 54.1 Å². The summed E-state index contributed by atoms with van der Waals surface area (Å²) in [4.78, 5) is 4.21. The molecule has 0 saturated carbocycles. The highest BCUT2D eigenvalue weighted by Crippen LogP contribution is 2.19. The minimum Gasteiger partial charge on any atom is -0.383 e. The maximum absolute atomic E-state index is 4.21. The van der Waals surface area contributed by atoms with Gasteiger partial charge in [0.15, 0.2) is 0 Å². The van der Waals surface area contributed by atoms with Gasteiger partial charge in [0.05, 0.1) is 0 Å². The molecular weight excluding hydrogens is 325 g/mol. The van der Waals surface area contributed by atoms with Gasteiger partial charge in [0.1, 0.15) is 5.82 Å². The number of halogens is 1. The van der Waals surface area contributed by atoms with Gasteiger partial charge in [0, 0.05) is 34.7 Å². The van der Waals surface area contributed by atoms with Crippen LogP contribution in [0.1, 0.15) is 11.4 Å². The van der Waals surface area contributed by atoms with E-state index in [-0.39, 0.29) is 0 Å². The standard InChI is InChI=1S/C13H16IN3/c1-10-12(14)4-3-5-13(10)16-7-9-17-8-6-15-11(17)2/h3-6,8,16H,7,9H2,1-2H3. The van der Waals surface area contributed by atoms with Gasteiger partial charge in [-0.3, -0.25) is 0 Å². The van der Waals surface area contributed by atoms with E-state index in [1.54, 1.807) is 0 Å². The van der Waals surface area contributed by atoms with E-state index in [1.807, 2.05) is 19.3 Å². The SMILES string of the molecule is Cc1c(I)cccc1NCCn1ccnc1C. The highest BCUT2D eigenvalue weighted by atomic mass is 127. The Balaban J connectivity index is 1.95. The molecule has 0 unspecified atom stereocenters. The van der Waals surface area contributed by atoms with Crippen LogP contribution < -0.4 is 5.32 Å². The summed E-state index contributed by atoms with van der Waals surface area (Å²) in [5.74, 6) is 1.06. The summed E-state index contributed by atoms with van der Waals surface area (Å²) in [6.07, 6.45) is 3.85. The Labute approximate surface area is 115 Å². The summed E-state index contributed by atoms with van der Waals surface area (Å²) in [6.45, 7) is 6.03. The Morgan fingerprint density at radius 3 is 2.88 bits per heavy atom. The van der Waals surface area contributed by atoms with Crippen molar-refractivity contribution in [1.29, 1.82) is 0 Å². The predicted octanol–water partition coefficient (Wildman–Crippen LogP) is 3.22. The van der Waals surface area contributed by atoms with Gasteiger partial charge in [-0.25, -0.2) is 4.98 Å². The zero-order chi connectivity index (χ0) is 12.3. The van der Waals surface area contributed by atoms with Crippen LogP contribution in [0.4, 0.5) is 5.69 Å². The van der Waals surface area contributed by atoms with Crippen molar-refractivity contribution < 1.29 is 0 Å². The zero-order valence-corrected chi connectivity index (χ0v) is 12.2. The van der Waals surface area contributed by atoms with Gasteiger partial charge in [0.25, 0.3) is 0 Å². The lowest BCUT2D eigenvalue weighted by atomic mass is 10.2. The van der Waals surface area contributed by atoms with E-state index in [9.17, 15) is 0 Å². The molecule has 0 spiro atoms. The molecule has 17 heavy (non-hydrogen) atoms. The Morgan fingerprint density at radius 1 is 1.35 bits per heavy atom. The lowest BCUT2D eigenvalue weighted by Gasteiger charge is -2.11. The molecule has 0 saturated heterocycles. The van der Waals surface area contributed by atoms with Gasteiger partial charge in [-0.15, -0.1) is 0 Å². The molecule has 0 aliphatic carbocycles. The topological polar surface area (TPSA) is 29.9 Å². The minimum atomic E-state index is 0.915.